The lowest BCUT2D eigenvalue weighted by atomic mass is 10.0. The molecule has 0 aliphatic rings. The third-order valence-electron chi connectivity index (χ3n) is 4.71. The summed E-state index contributed by atoms with van der Waals surface area (Å²) in [4.78, 5) is 15.1. The molecule has 3 aromatic rings. The number of nitrogens with two attached hydrogens (primary N) is 1. The van der Waals surface area contributed by atoms with Gasteiger partial charge in [-0.3, -0.25) is 0 Å². The first-order valence-electron chi connectivity index (χ1n) is 10.0. The Hall–Kier alpha value is -3.52. The quantitative estimate of drug-likeness (QED) is 0.506. The topological polar surface area (TPSA) is 94.7 Å². The number of pyridine rings is 1. The zero-order valence-electron chi connectivity index (χ0n) is 17.9. The van der Waals surface area contributed by atoms with Crippen LogP contribution in [0.2, 0.25) is 0 Å². The lowest BCUT2D eigenvalue weighted by Crippen LogP contribution is -2.32. The van der Waals surface area contributed by atoms with Crippen LogP contribution in [0, 0.1) is 24.5 Å². The largest absolute Gasteiger partial charge is 0.478 e. The molecule has 0 saturated carbocycles. The molecule has 32 heavy (non-hydrogen) atoms. The fraction of sp³-hybridized carbons (Fsp3) is 0.250. The molecular weight excluding hydrogens is 418 g/mol. The average molecular weight is 442 g/mol. The summed E-state index contributed by atoms with van der Waals surface area (Å²) < 4.78 is 39.4. The highest BCUT2D eigenvalue weighted by molar-refractivity contribution is 5.73. The van der Waals surface area contributed by atoms with Crippen molar-refractivity contribution in [2.45, 2.75) is 33.4 Å². The van der Waals surface area contributed by atoms with Crippen LogP contribution in [-0.2, 0) is 11.3 Å². The third kappa shape index (κ3) is 5.39. The van der Waals surface area contributed by atoms with Crippen molar-refractivity contribution in [3.05, 3.63) is 71.3 Å². The highest BCUT2D eigenvalue weighted by Crippen LogP contribution is 2.32. The zero-order chi connectivity index (χ0) is 23.4. The molecule has 0 amide bonds. The van der Waals surface area contributed by atoms with Gasteiger partial charge in [0.15, 0.2) is 17.7 Å². The Morgan fingerprint density at radius 1 is 1.06 bits per heavy atom. The van der Waals surface area contributed by atoms with Crippen LogP contribution in [-0.4, -0.2) is 22.2 Å². The van der Waals surface area contributed by atoms with Gasteiger partial charge in [0.2, 0.25) is 0 Å². The minimum absolute atomic E-state index is 0.278. The van der Waals surface area contributed by atoms with Gasteiger partial charge in [0.1, 0.15) is 5.75 Å². The van der Waals surface area contributed by atoms with Crippen LogP contribution in [0.15, 0.2) is 48.5 Å². The van der Waals surface area contributed by atoms with Gasteiger partial charge >= 0.3 is 5.97 Å². The van der Waals surface area contributed by atoms with Gasteiger partial charge in [0.05, 0.1) is 0 Å². The van der Waals surface area contributed by atoms with Crippen LogP contribution in [0.1, 0.15) is 25.0 Å². The van der Waals surface area contributed by atoms with Gasteiger partial charge < -0.3 is 20.3 Å². The summed E-state index contributed by atoms with van der Waals surface area (Å²) in [5.74, 6) is -4.80. The highest BCUT2D eigenvalue weighted by atomic mass is 19.1. The van der Waals surface area contributed by atoms with E-state index in [1.54, 1.807) is 26.0 Å². The van der Waals surface area contributed by atoms with Crippen molar-refractivity contribution in [1.82, 2.24) is 4.98 Å². The minimum Gasteiger partial charge on any atom is -0.478 e. The molecule has 0 aliphatic heterocycles. The first-order chi connectivity index (χ1) is 15.2. The third-order valence-corrected chi connectivity index (χ3v) is 4.71. The maximum Gasteiger partial charge on any atom is 0.345 e. The maximum atomic E-state index is 14.4. The number of rotatable bonds is 8. The number of aliphatic carboxylic acids is 1. The predicted octanol–water partition coefficient (Wildman–Crippen LogP) is 5.07. The normalized spacial score (nSPS) is 12.0. The van der Waals surface area contributed by atoms with Gasteiger partial charge in [0, 0.05) is 18.5 Å². The van der Waals surface area contributed by atoms with E-state index in [9.17, 15) is 18.7 Å². The lowest BCUT2D eigenvalue weighted by molar-refractivity contribution is -0.147. The molecule has 3 N–H and O–H groups in total. The van der Waals surface area contributed by atoms with Gasteiger partial charge in [-0.2, -0.15) is 4.98 Å². The van der Waals surface area contributed by atoms with Crippen molar-refractivity contribution >= 4 is 5.97 Å². The number of aromatic nitrogens is 1. The number of carboxylic acids is 1. The SMILES string of the molecule is Cc1cc(Oc2nc(OC(C(=O)O)C(C)C)c(F)cc2F)cc(-c2cccc(CN)c2)c1. The van der Waals surface area contributed by atoms with E-state index in [0.717, 1.165) is 22.3 Å². The predicted molar refractivity (Wildman–Crippen MR) is 116 cm³/mol. The molecule has 0 aliphatic carbocycles. The number of aryl methyl sites for hydroxylation is 1. The smallest absolute Gasteiger partial charge is 0.345 e. The van der Waals surface area contributed by atoms with Crippen LogP contribution in [0.25, 0.3) is 11.1 Å². The number of carbonyl (C=O) groups is 1. The summed E-state index contributed by atoms with van der Waals surface area (Å²) in [6, 6.07) is 13.5. The summed E-state index contributed by atoms with van der Waals surface area (Å²) in [6.45, 7) is 5.45. The average Bonchev–Trinajstić information content (AvgIpc) is 2.74. The second kappa shape index (κ2) is 9.74. The van der Waals surface area contributed by atoms with Gasteiger partial charge in [-0.15, -0.1) is 0 Å². The molecule has 0 radical (unpaired) electrons. The standard InChI is InChI=1S/C24H24F2N2O4/c1-13(2)21(24(29)30)32-23-20(26)11-19(25)22(28-23)31-18-8-14(3)7-17(10-18)16-6-4-5-15(9-16)12-27/h4-11,13,21H,12,27H2,1-3H3,(H,29,30). The van der Waals surface area contributed by atoms with Crippen molar-refractivity contribution in [1.29, 1.82) is 0 Å². The summed E-state index contributed by atoms with van der Waals surface area (Å²) in [5, 5.41) is 9.27. The van der Waals surface area contributed by atoms with Gasteiger partial charge in [-0.25, -0.2) is 13.6 Å². The van der Waals surface area contributed by atoms with Gasteiger partial charge in [0.25, 0.3) is 11.8 Å². The van der Waals surface area contributed by atoms with E-state index in [1.807, 2.05) is 37.3 Å². The van der Waals surface area contributed by atoms with Crippen LogP contribution in [0.3, 0.4) is 0 Å². The molecule has 1 heterocycles. The molecule has 0 bridgehead atoms. The van der Waals surface area contributed by atoms with Gasteiger partial charge in [-0.1, -0.05) is 38.1 Å². The summed E-state index contributed by atoms with van der Waals surface area (Å²) in [6.07, 6.45) is -1.35. The van der Waals surface area contributed by atoms with Gasteiger partial charge in [-0.05, 0) is 47.4 Å². The number of hydrogen-bond acceptors (Lipinski definition) is 5. The van der Waals surface area contributed by atoms with E-state index < -0.39 is 41.4 Å². The van der Waals surface area contributed by atoms with E-state index in [1.165, 1.54) is 0 Å². The Kier molecular flexibility index (Phi) is 7.05. The van der Waals surface area contributed by atoms with Crippen molar-refractivity contribution in [2.75, 3.05) is 0 Å². The Morgan fingerprint density at radius 2 is 1.78 bits per heavy atom. The van der Waals surface area contributed by atoms with Crippen molar-refractivity contribution in [2.24, 2.45) is 11.7 Å². The number of halogens is 2. The van der Waals surface area contributed by atoms with E-state index in [-0.39, 0.29) is 5.75 Å². The number of hydrogen-bond donors (Lipinski definition) is 2. The van der Waals surface area contributed by atoms with Crippen molar-refractivity contribution < 1.29 is 28.2 Å². The minimum atomic E-state index is -1.35. The van der Waals surface area contributed by atoms with E-state index >= 15 is 0 Å². The van der Waals surface area contributed by atoms with E-state index in [2.05, 4.69) is 4.98 Å². The maximum absolute atomic E-state index is 14.4. The highest BCUT2D eigenvalue weighted by Gasteiger charge is 2.27. The zero-order valence-corrected chi connectivity index (χ0v) is 17.9. The fourth-order valence-electron chi connectivity index (χ4n) is 3.14. The Labute approximate surface area is 184 Å². The summed E-state index contributed by atoms with van der Waals surface area (Å²) in [5.41, 5.74) is 9.24. The summed E-state index contributed by atoms with van der Waals surface area (Å²) in [7, 11) is 0. The number of benzene rings is 2. The molecule has 1 aromatic heterocycles. The molecule has 6 nitrogen and oxygen atoms in total. The Balaban J connectivity index is 1.94. The Bertz CT molecular complexity index is 1130. The van der Waals surface area contributed by atoms with Crippen LogP contribution in [0.5, 0.6) is 17.5 Å². The van der Waals surface area contributed by atoms with E-state index in [4.69, 9.17) is 15.2 Å². The molecule has 3 rings (SSSR count). The molecule has 0 spiro atoms. The second-order valence-electron chi connectivity index (χ2n) is 7.72. The summed E-state index contributed by atoms with van der Waals surface area (Å²) >= 11 is 0. The molecule has 1 atom stereocenters. The molecule has 2 aromatic carbocycles. The first-order valence-corrected chi connectivity index (χ1v) is 10.0. The number of ether oxygens (including phenoxy) is 2. The molecule has 1 unspecified atom stereocenters. The fourth-order valence-corrected chi connectivity index (χ4v) is 3.14. The van der Waals surface area contributed by atoms with E-state index in [0.29, 0.717) is 12.6 Å². The lowest BCUT2D eigenvalue weighted by Gasteiger charge is -2.18. The first kappa shape index (κ1) is 23.1. The number of nitrogens with zero attached hydrogens (tertiary/aromatic N) is 1. The second-order valence-corrected chi connectivity index (χ2v) is 7.72. The molecule has 0 fully saturated rings. The van der Waals surface area contributed by atoms with Crippen molar-refractivity contribution in [3.63, 3.8) is 0 Å². The monoisotopic (exact) mass is 442 g/mol. The van der Waals surface area contributed by atoms with Crippen LogP contribution >= 0.6 is 0 Å². The molecule has 8 heteroatoms. The molecule has 0 saturated heterocycles. The van der Waals surface area contributed by atoms with Crippen LogP contribution in [0.4, 0.5) is 8.78 Å². The molecular formula is C24H24F2N2O4. The Morgan fingerprint density at radius 3 is 2.44 bits per heavy atom. The van der Waals surface area contributed by atoms with Crippen molar-refractivity contribution in [3.8, 4) is 28.6 Å². The number of carboxylic acid groups (broad SMARTS) is 1. The molecule has 168 valence electrons. The van der Waals surface area contributed by atoms with Crippen LogP contribution < -0.4 is 15.2 Å².